The Balaban J connectivity index is 1.95. The van der Waals surface area contributed by atoms with Crippen LogP contribution in [0.25, 0.3) is 0 Å². The second-order valence-electron chi connectivity index (χ2n) is 5.25. The number of anilines is 1. The lowest BCUT2D eigenvalue weighted by molar-refractivity contribution is 0.0697. The summed E-state index contributed by atoms with van der Waals surface area (Å²) in [6.45, 7) is 3.13. The van der Waals surface area contributed by atoms with Gasteiger partial charge in [0.1, 0.15) is 0 Å². The van der Waals surface area contributed by atoms with E-state index in [4.69, 9.17) is 5.11 Å². The molecule has 4 heteroatoms. The van der Waals surface area contributed by atoms with Gasteiger partial charge in [0.25, 0.3) is 0 Å². The van der Waals surface area contributed by atoms with E-state index in [1.807, 2.05) is 0 Å². The standard InChI is InChI=1S/C14H20N2O2/c1-10-3-2-4-11(7-10)8-16-13-9-15-6-5-12(13)14(17)18/h5-6,9-11,16H,2-4,7-8H2,1H3,(H,17,18). The number of hydrogen-bond donors (Lipinski definition) is 2. The van der Waals surface area contributed by atoms with Gasteiger partial charge in [-0.05, 0) is 30.7 Å². The van der Waals surface area contributed by atoms with Gasteiger partial charge in [-0.1, -0.05) is 19.8 Å². The lowest BCUT2D eigenvalue weighted by atomic mass is 9.82. The topological polar surface area (TPSA) is 62.2 Å². The Labute approximate surface area is 107 Å². The number of nitrogens with zero attached hydrogens (tertiary/aromatic N) is 1. The Morgan fingerprint density at radius 1 is 1.56 bits per heavy atom. The minimum Gasteiger partial charge on any atom is -0.478 e. The lowest BCUT2D eigenvalue weighted by Crippen LogP contribution is -2.21. The molecule has 0 aliphatic heterocycles. The molecule has 1 heterocycles. The maximum absolute atomic E-state index is 11.1. The van der Waals surface area contributed by atoms with Gasteiger partial charge in [0.15, 0.2) is 0 Å². The molecule has 2 N–H and O–H groups in total. The Kier molecular flexibility index (Phi) is 4.18. The molecule has 18 heavy (non-hydrogen) atoms. The van der Waals surface area contributed by atoms with Crippen LogP contribution in [0.15, 0.2) is 18.5 Å². The monoisotopic (exact) mass is 248 g/mol. The largest absolute Gasteiger partial charge is 0.478 e. The number of carboxylic acids is 1. The van der Waals surface area contributed by atoms with Gasteiger partial charge in [-0.15, -0.1) is 0 Å². The van der Waals surface area contributed by atoms with E-state index in [0.29, 0.717) is 17.2 Å². The summed E-state index contributed by atoms with van der Waals surface area (Å²) in [6, 6.07) is 1.54. The maximum Gasteiger partial charge on any atom is 0.337 e. The zero-order valence-corrected chi connectivity index (χ0v) is 10.7. The van der Waals surface area contributed by atoms with Crippen molar-refractivity contribution in [2.45, 2.75) is 32.6 Å². The minimum atomic E-state index is -0.906. The second kappa shape index (κ2) is 5.85. The Morgan fingerprint density at radius 3 is 3.11 bits per heavy atom. The van der Waals surface area contributed by atoms with Gasteiger partial charge in [-0.25, -0.2) is 4.79 Å². The molecular weight excluding hydrogens is 228 g/mol. The van der Waals surface area contributed by atoms with Crippen molar-refractivity contribution in [3.05, 3.63) is 24.0 Å². The van der Waals surface area contributed by atoms with Crippen LogP contribution in [-0.4, -0.2) is 22.6 Å². The Hall–Kier alpha value is -1.58. The van der Waals surface area contributed by atoms with Crippen molar-refractivity contribution in [2.24, 2.45) is 11.8 Å². The molecular formula is C14H20N2O2. The predicted octanol–water partition coefficient (Wildman–Crippen LogP) is 3.02. The second-order valence-corrected chi connectivity index (χ2v) is 5.25. The quantitative estimate of drug-likeness (QED) is 0.859. The van der Waals surface area contributed by atoms with Crippen LogP contribution in [0, 0.1) is 11.8 Å². The molecule has 2 atom stereocenters. The van der Waals surface area contributed by atoms with Gasteiger partial charge < -0.3 is 10.4 Å². The van der Waals surface area contributed by atoms with Crippen LogP contribution in [0.2, 0.25) is 0 Å². The van der Waals surface area contributed by atoms with Gasteiger partial charge >= 0.3 is 5.97 Å². The minimum absolute atomic E-state index is 0.300. The average molecular weight is 248 g/mol. The molecule has 1 aromatic rings. The summed E-state index contributed by atoms with van der Waals surface area (Å²) in [4.78, 5) is 15.0. The highest BCUT2D eigenvalue weighted by Crippen LogP contribution is 2.28. The normalized spacial score (nSPS) is 23.6. The van der Waals surface area contributed by atoms with E-state index in [9.17, 15) is 4.79 Å². The van der Waals surface area contributed by atoms with Gasteiger partial charge in [0.05, 0.1) is 17.4 Å². The van der Waals surface area contributed by atoms with E-state index < -0.39 is 5.97 Å². The third-order valence-corrected chi connectivity index (χ3v) is 3.68. The first-order valence-electron chi connectivity index (χ1n) is 6.58. The van der Waals surface area contributed by atoms with Crippen LogP contribution >= 0.6 is 0 Å². The highest BCUT2D eigenvalue weighted by Gasteiger charge is 2.19. The molecule has 4 nitrogen and oxygen atoms in total. The van der Waals surface area contributed by atoms with Crippen molar-refractivity contribution in [3.63, 3.8) is 0 Å². The number of carboxylic acid groups (broad SMARTS) is 1. The fraction of sp³-hybridized carbons (Fsp3) is 0.571. The van der Waals surface area contributed by atoms with Crippen molar-refractivity contribution in [1.82, 2.24) is 4.98 Å². The van der Waals surface area contributed by atoms with E-state index >= 15 is 0 Å². The number of nitrogens with one attached hydrogen (secondary N) is 1. The maximum atomic E-state index is 11.1. The van der Waals surface area contributed by atoms with Gasteiger partial charge in [-0.3, -0.25) is 4.98 Å². The average Bonchev–Trinajstić information content (AvgIpc) is 2.37. The van der Waals surface area contributed by atoms with Crippen molar-refractivity contribution in [2.75, 3.05) is 11.9 Å². The number of hydrogen-bond acceptors (Lipinski definition) is 3. The first kappa shape index (κ1) is 12.9. The third-order valence-electron chi connectivity index (χ3n) is 3.68. The molecule has 98 valence electrons. The van der Waals surface area contributed by atoms with E-state index in [1.165, 1.54) is 37.9 Å². The molecule has 0 aromatic carbocycles. The summed E-state index contributed by atoms with van der Waals surface area (Å²) in [5.41, 5.74) is 0.928. The molecule has 1 aromatic heterocycles. The van der Waals surface area contributed by atoms with Crippen LogP contribution in [0.1, 0.15) is 43.0 Å². The highest BCUT2D eigenvalue weighted by molar-refractivity contribution is 5.93. The zero-order valence-electron chi connectivity index (χ0n) is 10.7. The summed E-state index contributed by atoms with van der Waals surface area (Å²) in [5, 5.41) is 12.3. The third kappa shape index (κ3) is 3.22. The highest BCUT2D eigenvalue weighted by atomic mass is 16.4. The van der Waals surface area contributed by atoms with Crippen LogP contribution in [0.4, 0.5) is 5.69 Å². The summed E-state index contributed by atoms with van der Waals surface area (Å²) in [6.07, 6.45) is 8.18. The fourth-order valence-electron chi connectivity index (χ4n) is 2.72. The molecule has 0 radical (unpaired) electrons. The molecule has 1 aliphatic carbocycles. The fourth-order valence-corrected chi connectivity index (χ4v) is 2.72. The van der Waals surface area contributed by atoms with Crippen molar-refractivity contribution >= 4 is 11.7 Å². The van der Waals surface area contributed by atoms with E-state index in [0.717, 1.165) is 12.5 Å². The number of aromatic nitrogens is 1. The SMILES string of the molecule is CC1CCCC(CNc2cnccc2C(=O)O)C1. The van der Waals surface area contributed by atoms with Crippen molar-refractivity contribution in [3.8, 4) is 0 Å². The lowest BCUT2D eigenvalue weighted by Gasteiger charge is -2.27. The van der Waals surface area contributed by atoms with Crippen LogP contribution < -0.4 is 5.32 Å². The smallest absolute Gasteiger partial charge is 0.337 e. The molecule has 0 bridgehead atoms. The number of rotatable bonds is 4. The summed E-state index contributed by atoms with van der Waals surface area (Å²) < 4.78 is 0. The van der Waals surface area contributed by atoms with Crippen LogP contribution in [-0.2, 0) is 0 Å². The molecule has 0 saturated heterocycles. The molecule has 1 aliphatic rings. The summed E-state index contributed by atoms with van der Waals surface area (Å²) in [7, 11) is 0. The molecule has 2 unspecified atom stereocenters. The first-order chi connectivity index (χ1) is 8.66. The molecule has 2 rings (SSSR count). The molecule has 0 amide bonds. The molecule has 1 fully saturated rings. The summed E-state index contributed by atoms with van der Waals surface area (Å²) >= 11 is 0. The zero-order chi connectivity index (χ0) is 13.0. The molecule has 1 saturated carbocycles. The number of carbonyl (C=O) groups is 1. The van der Waals surface area contributed by atoms with Crippen molar-refractivity contribution < 1.29 is 9.90 Å². The van der Waals surface area contributed by atoms with Gasteiger partial charge in [-0.2, -0.15) is 0 Å². The molecule has 0 spiro atoms. The van der Waals surface area contributed by atoms with Crippen LogP contribution in [0.3, 0.4) is 0 Å². The number of pyridine rings is 1. The summed E-state index contributed by atoms with van der Waals surface area (Å²) in [5.74, 6) is 0.533. The Bertz CT molecular complexity index is 420. The van der Waals surface area contributed by atoms with Crippen molar-refractivity contribution in [1.29, 1.82) is 0 Å². The predicted molar refractivity (Wildman–Crippen MR) is 70.8 cm³/mol. The van der Waals surface area contributed by atoms with Gasteiger partial charge in [0.2, 0.25) is 0 Å². The van der Waals surface area contributed by atoms with Gasteiger partial charge in [0, 0.05) is 12.7 Å². The van der Waals surface area contributed by atoms with Crippen LogP contribution in [0.5, 0.6) is 0 Å². The van der Waals surface area contributed by atoms with E-state index in [-0.39, 0.29) is 0 Å². The first-order valence-corrected chi connectivity index (χ1v) is 6.58. The number of aromatic carboxylic acids is 1. The van der Waals surface area contributed by atoms with E-state index in [2.05, 4.69) is 17.2 Å². The Morgan fingerprint density at radius 2 is 2.39 bits per heavy atom. The van der Waals surface area contributed by atoms with E-state index in [1.54, 1.807) is 6.20 Å².